The molecule has 34 heavy (non-hydrogen) atoms. The van der Waals surface area contributed by atoms with Crippen molar-refractivity contribution in [2.75, 3.05) is 12.4 Å². The van der Waals surface area contributed by atoms with Crippen molar-refractivity contribution in [3.63, 3.8) is 0 Å². The molecule has 0 bridgehead atoms. The number of aromatic nitrogens is 1. The molecule has 0 spiro atoms. The van der Waals surface area contributed by atoms with Gasteiger partial charge in [0, 0.05) is 16.6 Å². The Morgan fingerprint density at radius 3 is 2.41 bits per heavy atom. The predicted molar refractivity (Wildman–Crippen MR) is 135 cm³/mol. The van der Waals surface area contributed by atoms with Crippen molar-refractivity contribution >= 4 is 44.2 Å². The summed E-state index contributed by atoms with van der Waals surface area (Å²) in [6.07, 6.45) is 0. The molecule has 5 heteroatoms. The quantitative estimate of drug-likeness (QED) is 0.316. The number of oxazole rings is 1. The molecule has 164 valence electrons. The van der Waals surface area contributed by atoms with Crippen LogP contribution in [0.2, 0.25) is 0 Å². The smallest absolute Gasteiger partial charge is 0.259 e. The normalized spacial score (nSPS) is 11.2. The van der Waals surface area contributed by atoms with E-state index in [-0.39, 0.29) is 5.91 Å². The lowest BCUT2D eigenvalue weighted by molar-refractivity contribution is 0.102. The van der Waals surface area contributed by atoms with Crippen LogP contribution in [0, 0.1) is 0 Å². The number of fused-ring (bicyclic) bond motifs is 4. The van der Waals surface area contributed by atoms with E-state index in [4.69, 9.17) is 14.1 Å². The predicted octanol–water partition coefficient (Wildman–Crippen LogP) is 7.06. The van der Waals surface area contributed by atoms with Gasteiger partial charge in [0.15, 0.2) is 5.58 Å². The van der Waals surface area contributed by atoms with Crippen molar-refractivity contribution in [1.29, 1.82) is 0 Å². The Bertz CT molecular complexity index is 1700. The first-order chi connectivity index (χ1) is 16.7. The minimum Gasteiger partial charge on any atom is -0.496 e. The fourth-order valence-electron chi connectivity index (χ4n) is 4.28. The zero-order valence-electron chi connectivity index (χ0n) is 18.4. The van der Waals surface area contributed by atoms with Gasteiger partial charge in [0.25, 0.3) is 5.91 Å². The van der Waals surface area contributed by atoms with Gasteiger partial charge >= 0.3 is 0 Å². The first-order valence-corrected chi connectivity index (χ1v) is 11.0. The molecule has 0 saturated carbocycles. The molecule has 0 aliphatic carbocycles. The highest BCUT2D eigenvalue weighted by molar-refractivity contribution is 6.09. The zero-order chi connectivity index (χ0) is 23.1. The maximum Gasteiger partial charge on any atom is 0.259 e. The Hall–Kier alpha value is -4.64. The van der Waals surface area contributed by atoms with E-state index >= 15 is 0 Å². The van der Waals surface area contributed by atoms with Gasteiger partial charge in [-0.1, -0.05) is 60.7 Å². The topological polar surface area (TPSA) is 64.4 Å². The van der Waals surface area contributed by atoms with Crippen LogP contribution in [0.25, 0.3) is 44.1 Å². The number of benzene rings is 5. The maximum atomic E-state index is 13.1. The first-order valence-electron chi connectivity index (χ1n) is 11.0. The molecule has 5 nitrogen and oxygen atoms in total. The molecule has 1 aromatic heterocycles. The summed E-state index contributed by atoms with van der Waals surface area (Å²) in [6, 6.07) is 31.1. The van der Waals surface area contributed by atoms with Crippen LogP contribution < -0.4 is 10.1 Å². The van der Waals surface area contributed by atoms with Crippen molar-refractivity contribution < 1.29 is 13.9 Å². The van der Waals surface area contributed by atoms with E-state index < -0.39 is 0 Å². The average molecular weight is 444 g/mol. The van der Waals surface area contributed by atoms with Gasteiger partial charge in [-0.25, -0.2) is 4.98 Å². The number of carbonyl (C=O) groups is 1. The monoisotopic (exact) mass is 444 g/mol. The van der Waals surface area contributed by atoms with Gasteiger partial charge in [0.2, 0.25) is 5.89 Å². The average Bonchev–Trinajstić information content (AvgIpc) is 3.33. The summed E-state index contributed by atoms with van der Waals surface area (Å²) in [6.45, 7) is 0. The zero-order valence-corrected chi connectivity index (χ0v) is 18.4. The summed E-state index contributed by atoms with van der Waals surface area (Å²) in [4.78, 5) is 17.9. The molecular formula is C29H20N2O3. The van der Waals surface area contributed by atoms with Crippen LogP contribution in [0.5, 0.6) is 5.75 Å². The first kappa shape index (κ1) is 20.0. The lowest BCUT2D eigenvalue weighted by Gasteiger charge is -2.11. The molecule has 6 aromatic rings. The van der Waals surface area contributed by atoms with Crippen LogP contribution in [-0.2, 0) is 0 Å². The summed E-state index contributed by atoms with van der Waals surface area (Å²) >= 11 is 0. The van der Waals surface area contributed by atoms with Gasteiger partial charge in [-0.2, -0.15) is 0 Å². The van der Waals surface area contributed by atoms with Gasteiger partial charge in [-0.15, -0.1) is 0 Å². The number of hydrogen-bond acceptors (Lipinski definition) is 4. The lowest BCUT2D eigenvalue weighted by Crippen LogP contribution is -2.13. The summed E-state index contributed by atoms with van der Waals surface area (Å²) in [7, 11) is 1.57. The second kappa shape index (κ2) is 8.05. The van der Waals surface area contributed by atoms with E-state index in [0.717, 1.165) is 38.2 Å². The van der Waals surface area contributed by atoms with Gasteiger partial charge in [0.1, 0.15) is 11.3 Å². The SMILES string of the molecule is COc1cc2ccccc2cc1C(=O)Nc1cccc(-c2nc3c(ccc4ccccc43)o2)c1. The number of methoxy groups -OCH3 is 1. The van der Waals surface area contributed by atoms with Crippen LogP contribution in [0.3, 0.4) is 0 Å². The lowest BCUT2D eigenvalue weighted by atomic mass is 10.1. The van der Waals surface area contributed by atoms with Gasteiger partial charge in [0.05, 0.1) is 12.7 Å². The Balaban J connectivity index is 1.34. The number of amides is 1. The van der Waals surface area contributed by atoms with E-state index in [0.29, 0.717) is 22.9 Å². The highest BCUT2D eigenvalue weighted by Gasteiger charge is 2.16. The van der Waals surface area contributed by atoms with Crippen molar-refractivity contribution in [2.24, 2.45) is 0 Å². The third-order valence-corrected chi connectivity index (χ3v) is 5.96. The summed E-state index contributed by atoms with van der Waals surface area (Å²) < 4.78 is 11.5. The van der Waals surface area contributed by atoms with Crippen molar-refractivity contribution in [3.8, 4) is 17.2 Å². The number of anilines is 1. The van der Waals surface area contributed by atoms with Crippen molar-refractivity contribution in [2.45, 2.75) is 0 Å². The van der Waals surface area contributed by atoms with E-state index in [1.54, 1.807) is 7.11 Å². The molecule has 0 radical (unpaired) electrons. The largest absolute Gasteiger partial charge is 0.496 e. The fraction of sp³-hybridized carbons (Fsp3) is 0.0345. The maximum absolute atomic E-state index is 13.1. The molecule has 1 amide bonds. The number of nitrogens with zero attached hydrogens (tertiary/aromatic N) is 1. The number of nitrogens with one attached hydrogen (secondary N) is 1. The third kappa shape index (κ3) is 3.44. The molecule has 0 saturated heterocycles. The molecule has 0 atom stereocenters. The second-order valence-electron chi connectivity index (χ2n) is 8.09. The number of hydrogen-bond donors (Lipinski definition) is 1. The van der Waals surface area contributed by atoms with E-state index in [2.05, 4.69) is 11.4 Å². The highest BCUT2D eigenvalue weighted by Crippen LogP contribution is 2.31. The van der Waals surface area contributed by atoms with Crippen LogP contribution in [0.4, 0.5) is 5.69 Å². The Kier molecular flexibility index (Phi) is 4.73. The standard InChI is InChI=1S/C29H20N2O3/c1-33-26-17-20-9-3-2-8-19(20)16-24(26)28(32)30-22-11-6-10-21(15-22)29-31-27-23-12-5-4-7-18(23)13-14-25(27)34-29/h2-17H,1H3,(H,30,32). The Morgan fingerprint density at radius 2 is 1.59 bits per heavy atom. The fourth-order valence-corrected chi connectivity index (χ4v) is 4.28. The van der Waals surface area contributed by atoms with E-state index in [9.17, 15) is 4.79 Å². The molecule has 5 aromatic carbocycles. The molecular weight excluding hydrogens is 424 g/mol. The molecule has 0 aliphatic rings. The number of ether oxygens (including phenoxy) is 1. The van der Waals surface area contributed by atoms with Crippen LogP contribution in [0.15, 0.2) is 101 Å². The third-order valence-electron chi connectivity index (χ3n) is 5.96. The van der Waals surface area contributed by atoms with Crippen molar-refractivity contribution in [1.82, 2.24) is 4.98 Å². The molecule has 0 fully saturated rings. The molecule has 0 aliphatic heterocycles. The number of carbonyl (C=O) groups excluding carboxylic acids is 1. The molecule has 0 unspecified atom stereocenters. The van der Waals surface area contributed by atoms with Crippen LogP contribution in [-0.4, -0.2) is 18.0 Å². The minimum atomic E-state index is -0.247. The number of rotatable bonds is 4. The van der Waals surface area contributed by atoms with Gasteiger partial charge in [-0.3, -0.25) is 4.79 Å². The van der Waals surface area contributed by atoms with E-state index in [1.807, 2.05) is 91.0 Å². The Morgan fingerprint density at radius 1 is 0.824 bits per heavy atom. The molecule has 1 heterocycles. The van der Waals surface area contributed by atoms with Crippen LogP contribution >= 0.6 is 0 Å². The highest BCUT2D eigenvalue weighted by atomic mass is 16.5. The van der Waals surface area contributed by atoms with Gasteiger partial charge in [-0.05, 0) is 52.6 Å². The minimum absolute atomic E-state index is 0.247. The van der Waals surface area contributed by atoms with Crippen molar-refractivity contribution in [3.05, 3.63) is 103 Å². The summed E-state index contributed by atoms with van der Waals surface area (Å²) in [5.41, 5.74) is 3.45. The summed E-state index contributed by atoms with van der Waals surface area (Å²) in [5, 5.41) is 7.13. The molecule has 1 N–H and O–H groups in total. The summed E-state index contributed by atoms with van der Waals surface area (Å²) in [5.74, 6) is 0.784. The Labute approximate surface area is 195 Å². The molecule has 6 rings (SSSR count). The second-order valence-corrected chi connectivity index (χ2v) is 8.09. The van der Waals surface area contributed by atoms with E-state index in [1.165, 1.54) is 0 Å². The van der Waals surface area contributed by atoms with Crippen LogP contribution in [0.1, 0.15) is 10.4 Å². The van der Waals surface area contributed by atoms with Gasteiger partial charge < -0.3 is 14.5 Å².